The van der Waals surface area contributed by atoms with Gasteiger partial charge in [-0.25, -0.2) is 14.4 Å². The Morgan fingerprint density at radius 1 is 0.964 bits per heavy atom. The highest BCUT2D eigenvalue weighted by Gasteiger charge is 2.39. The molecule has 3 N–H and O–H groups in total. The maximum Gasteiger partial charge on any atom is 0.458 e. The van der Waals surface area contributed by atoms with Gasteiger partial charge in [-0.2, -0.15) is 0 Å². The molecule has 0 spiro atoms. The van der Waals surface area contributed by atoms with Gasteiger partial charge in [0.1, 0.15) is 12.0 Å². The van der Waals surface area contributed by atoms with Crippen LogP contribution in [-0.4, -0.2) is 47.3 Å². The number of amides is 1. The fourth-order valence-electron chi connectivity index (χ4n) is 5.26. The summed E-state index contributed by atoms with van der Waals surface area (Å²) in [6, 6.07) is 7.67. The van der Waals surface area contributed by atoms with Gasteiger partial charge in [0, 0.05) is 42.6 Å². The number of allylic oxidation sites excluding steroid dienone is 12. The number of hydrogen-bond acceptors (Lipinski definition) is 8. The Balaban J connectivity index is 1.38. The van der Waals surface area contributed by atoms with Crippen molar-refractivity contribution in [3.63, 3.8) is 0 Å². The number of nitrogens with zero attached hydrogens (tertiary/aromatic N) is 4. The van der Waals surface area contributed by atoms with Crippen molar-refractivity contribution in [2.45, 2.75) is 90.0 Å². The number of rotatable bonds is 25. The maximum absolute atomic E-state index is 13.9. The van der Waals surface area contributed by atoms with Gasteiger partial charge in [-0.3, -0.25) is 23.7 Å². The van der Waals surface area contributed by atoms with Gasteiger partial charge >= 0.3 is 13.4 Å². The van der Waals surface area contributed by atoms with E-state index in [1.807, 2.05) is 12.2 Å². The van der Waals surface area contributed by atoms with Gasteiger partial charge in [0.25, 0.3) is 5.56 Å². The molecule has 0 aliphatic carbocycles. The Bertz CT molecular complexity index is 1860. The first-order chi connectivity index (χ1) is 26.7. The van der Waals surface area contributed by atoms with Crippen LogP contribution >= 0.6 is 7.75 Å². The normalized spacial score (nSPS) is 18.6. The van der Waals surface area contributed by atoms with Gasteiger partial charge in [-0.15, -0.1) is 0 Å². The molecule has 3 rings (SSSR count). The summed E-state index contributed by atoms with van der Waals surface area (Å²) in [5, 5.41) is 9.36. The monoisotopic (exact) mass is 775 g/mol. The van der Waals surface area contributed by atoms with Crippen LogP contribution in [0.1, 0.15) is 76.5 Å². The number of carbonyl (C=O) groups is 1. The number of para-hydroxylation sites is 1. The topological polar surface area (TPSA) is 190 Å². The van der Waals surface area contributed by atoms with Crippen molar-refractivity contribution in [2.24, 2.45) is 5.11 Å². The highest BCUT2D eigenvalue weighted by atomic mass is 31.2. The first-order valence-electron chi connectivity index (χ1n) is 18.7. The van der Waals surface area contributed by atoms with E-state index in [2.05, 4.69) is 93.1 Å². The van der Waals surface area contributed by atoms with E-state index < -0.39 is 37.4 Å². The van der Waals surface area contributed by atoms with Crippen molar-refractivity contribution in [1.29, 1.82) is 0 Å². The standard InChI is InChI=1S/C40H54N7O7P/c1-3-4-5-6-7-8-9-10-11-12-13-14-15-16-17-18-19-20-24-27-37(48)42-28-29-43-55(51,54-34-25-22-21-23-26-34)52-32-36-35(45-46-41)30-38(53-36)47-31-33(2)39(49)44-40(47)50/h4-5,7-8,10-11,13-14,16-17,19-23,25-26,31,35-36,38H,3,6,9,12,15,18,24,27-30,32H2,1-2H3,(H,42,48)(H,43,51)(H,44,49,50)/b5-4-,8-7-,11-10-,14-13-,17-16-,20-19-/t35-,36+,38+,55?/m0/s1. The molecule has 1 aliphatic heterocycles. The molecule has 14 nitrogen and oxygen atoms in total. The second kappa shape index (κ2) is 25.9. The lowest BCUT2D eigenvalue weighted by molar-refractivity contribution is -0.120. The van der Waals surface area contributed by atoms with Crippen LogP contribution in [0.2, 0.25) is 0 Å². The van der Waals surface area contributed by atoms with E-state index in [4.69, 9.17) is 19.3 Å². The number of hydrogen-bond donors (Lipinski definition) is 3. The van der Waals surface area contributed by atoms with Crippen molar-refractivity contribution in [3.8, 4) is 5.75 Å². The van der Waals surface area contributed by atoms with E-state index in [0.29, 0.717) is 18.4 Å². The van der Waals surface area contributed by atoms with Gasteiger partial charge in [0.2, 0.25) is 5.91 Å². The molecule has 4 atom stereocenters. The van der Waals surface area contributed by atoms with E-state index >= 15 is 0 Å². The summed E-state index contributed by atoms with van der Waals surface area (Å²) in [7, 11) is -4.03. The van der Waals surface area contributed by atoms with Crippen molar-refractivity contribution < 1.29 is 23.1 Å². The fraction of sp³-hybridized carbons (Fsp3) is 0.425. The van der Waals surface area contributed by atoms with E-state index in [1.165, 1.54) is 10.8 Å². The number of aromatic nitrogens is 2. The molecular weight excluding hydrogens is 721 g/mol. The summed E-state index contributed by atoms with van der Waals surface area (Å²) in [6.07, 6.45) is 31.9. The molecule has 1 aromatic carbocycles. The van der Waals surface area contributed by atoms with E-state index in [0.717, 1.165) is 38.5 Å². The van der Waals surface area contributed by atoms with Gasteiger partial charge in [0.05, 0.1) is 18.8 Å². The molecule has 296 valence electrons. The number of aryl methyl sites for hydroxylation is 1. The summed E-state index contributed by atoms with van der Waals surface area (Å²) in [5.41, 5.74) is 8.24. The lowest BCUT2D eigenvalue weighted by atomic mass is 10.1. The SMILES string of the molecule is CC/C=C\C/C=C\C/C=C\C/C=C\C/C=C\C/C=C\CCC(=O)NCCNP(=O)(OC[C@H]1O[C@@H](n2cc(C)c(=O)[nH]c2=O)C[C@@H]1N=[N+]=[N-])Oc1ccccc1. The molecular formula is C40H54N7O7P. The van der Waals surface area contributed by atoms with Crippen molar-refractivity contribution in [2.75, 3.05) is 19.7 Å². The Morgan fingerprint density at radius 2 is 1.56 bits per heavy atom. The van der Waals surface area contributed by atoms with Crippen LogP contribution in [0, 0.1) is 6.92 Å². The first kappa shape index (κ1) is 44.4. The molecule has 1 aliphatic rings. The molecule has 2 heterocycles. The third-order valence-corrected chi connectivity index (χ3v) is 9.68. The van der Waals surface area contributed by atoms with Crippen LogP contribution in [0.3, 0.4) is 0 Å². The first-order valence-corrected chi connectivity index (χ1v) is 20.2. The summed E-state index contributed by atoms with van der Waals surface area (Å²) in [6.45, 7) is 3.60. The zero-order valence-electron chi connectivity index (χ0n) is 31.7. The van der Waals surface area contributed by atoms with Crippen molar-refractivity contribution in [1.82, 2.24) is 20.0 Å². The molecule has 1 aromatic heterocycles. The summed E-state index contributed by atoms with van der Waals surface area (Å²) in [5.74, 6) is 0.127. The molecule has 1 unspecified atom stereocenters. The zero-order valence-corrected chi connectivity index (χ0v) is 32.6. The summed E-state index contributed by atoms with van der Waals surface area (Å²) in [4.78, 5) is 41.8. The second-order valence-corrected chi connectivity index (χ2v) is 14.3. The van der Waals surface area contributed by atoms with Gasteiger partial charge in [-0.1, -0.05) is 103 Å². The van der Waals surface area contributed by atoms with Crippen LogP contribution < -0.4 is 26.2 Å². The summed E-state index contributed by atoms with van der Waals surface area (Å²) >= 11 is 0. The number of aromatic amines is 1. The van der Waals surface area contributed by atoms with E-state index in [1.54, 1.807) is 37.3 Å². The predicted molar refractivity (Wildman–Crippen MR) is 217 cm³/mol. The van der Waals surface area contributed by atoms with Crippen LogP contribution in [0.4, 0.5) is 0 Å². The van der Waals surface area contributed by atoms with Crippen LogP contribution in [-0.2, 0) is 18.6 Å². The lowest BCUT2D eigenvalue weighted by Crippen LogP contribution is -2.34. The highest BCUT2D eigenvalue weighted by Crippen LogP contribution is 2.45. The number of nitrogens with one attached hydrogen (secondary N) is 3. The quantitative estimate of drug-likeness (QED) is 0.0225. The average molecular weight is 776 g/mol. The molecule has 1 saturated heterocycles. The van der Waals surface area contributed by atoms with Crippen molar-refractivity contribution in [3.05, 3.63) is 146 Å². The molecule has 1 amide bonds. The Kier molecular flexibility index (Phi) is 21.0. The number of azide groups is 1. The van der Waals surface area contributed by atoms with E-state index in [-0.39, 0.29) is 37.8 Å². The minimum Gasteiger partial charge on any atom is -0.413 e. The Labute approximate surface area is 323 Å². The lowest BCUT2D eigenvalue weighted by Gasteiger charge is -2.23. The average Bonchev–Trinajstić information content (AvgIpc) is 3.57. The molecule has 0 bridgehead atoms. The third-order valence-electron chi connectivity index (χ3n) is 8.13. The molecule has 15 heteroatoms. The zero-order chi connectivity index (χ0) is 39.6. The van der Waals surface area contributed by atoms with Gasteiger partial charge in [0.15, 0.2) is 0 Å². The largest absolute Gasteiger partial charge is 0.458 e. The molecule has 1 fully saturated rings. The molecule has 55 heavy (non-hydrogen) atoms. The van der Waals surface area contributed by atoms with Crippen LogP contribution in [0.25, 0.3) is 10.4 Å². The highest BCUT2D eigenvalue weighted by molar-refractivity contribution is 7.52. The number of benzene rings is 1. The van der Waals surface area contributed by atoms with Crippen LogP contribution in [0.15, 0.2) is 124 Å². The van der Waals surface area contributed by atoms with E-state index in [9.17, 15) is 18.9 Å². The minimum absolute atomic E-state index is 0.0652. The molecule has 2 aromatic rings. The minimum atomic E-state index is -4.03. The van der Waals surface area contributed by atoms with Gasteiger partial charge in [-0.05, 0) is 69.5 Å². The molecule has 0 radical (unpaired) electrons. The number of carbonyl (C=O) groups excluding carboxylic acids is 1. The second-order valence-electron chi connectivity index (χ2n) is 12.5. The smallest absolute Gasteiger partial charge is 0.413 e. The number of ether oxygens (including phenoxy) is 1. The fourth-order valence-corrected chi connectivity index (χ4v) is 6.59. The van der Waals surface area contributed by atoms with Gasteiger partial charge < -0.3 is 14.6 Å². The third kappa shape index (κ3) is 17.8. The van der Waals surface area contributed by atoms with Crippen molar-refractivity contribution >= 4 is 13.7 Å². The predicted octanol–water partition coefficient (Wildman–Crippen LogP) is 8.20. The Morgan fingerprint density at radius 3 is 2.16 bits per heavy atom. The van der Waals surface area contributed by atoms with Crippen LogP contribution in [0.5, 0.6) is 5.75 Å². The molecule has 0 saturated carbocycles. The number of H-pyrrole nitrogens is 1. The maximum atomic E-state index is 13.9. The summed E-state index contributed by atoms with van der Waals surface area (Å²) < 4.78 is 32.5. The Hall–Kier alpha value is -4.97.